The molecule has 0 saturated carbocycles. The Hall–Kier alpha value is -2.25. The molecule has 0 unspecified atom stereocenters. The number of aromatic nitrogens is 2. The van der Waals surface area contributed by atoms with Crippen LogP contribution in [0.1, 0.15) is 29.7 Å². The first-order valence-corrected chi connectivity index (χ1v) is 11.0. The molecule has 142 valence electrons. The van der Waals surface area contributed by atoms with E-state index in [1.165, 1.54) is 28.1 Å². The van der Waals surface area contributed by atoms with E-state index in [-0.39, 0.29) is 0 Å². The number of anilines is 1. The number of hydrogen-bond acceptors (Lipinski definition) is 5. The molecule has 1 aliphatic carbocycles. The van der Waals surface area contributed by atoms with Crippen LogP contribution in [-0.2, 0) is 22.9 Å². The first-order valence-electron chi connectivity index (χ1n) is 9.45. The van der Waals surface area contributed by atoms with Crippen molar-refractivity contribution in [2.45, 2.75) is 25.7 Å². The van der Waals surface area contributed by atoms with E-state index in [1.54, 1.807) is 6.08 Å². The first kappa shape index (κ1) is 18.1. The van der Waals surface area contributed by atoms with Crippen molar-refractivity contribution in [1.29, 1.82) is 0 Å². The molecular formula is C20H24N4O2S. The minimum atomic E-state index is -3.41. The van der Waals surface area contributed by atoms with Crippen molar-refractivity contribution in [3.05, 3.63) is 58.6 Å². The standard InChI is InChI=1S/C20H24N4O2S/c25-27(26,15-10-17-6-2-1-3-7-17)24-13-11-23(12-14-24)20-16-18-8-4-5-9-19(18)21-22-20/h1-3,6-7,10,15-16H,4-5,8-9,11-14H2. The quantitative estimate of drug-likeness (QED) is 0.810. The summed E-state index contributed by atoms with van der Waals surface area (Å²) in [5.74, 6) is 0.868. The molecule has 0 spiro atoms. The Morgan fingerprint density at radius 2 is 1.67 bits per heavy atom. The van der Waals surface area contributed by atoms with E-state index in [4.69, 9.17) is 0 Å². The van der Waals surface area contributed by atoms with Crippen LogP contribution in [0.4, 0.5) is 5.82 Å². The molecule has 2 heterocycles. The highest BCUT2D eigenvalue weighted by Gasteiger charge is 2.26. The zero-order valence-corrected chi connectivity index (χ0v) is 16.1. The van der Waals surface area contributed by atoms with Crippen molar-refractivity contribution in [3.63, 3.8) is 0 Å². The van der Waals surface area contributed by atoms with Crippen LogP contribution < -0.4 is 4.90 Å². The second kappa shape index (κ2) is 7.78. The third-order valence-electron chi connectivity index (χ3n) is 5.21. The van der Waals surface area contributed by atoms with Gasteiger partial charge in [-0.2, -0.15) is 9.40 Å². The van der Waals surface area contributed by atoms with Gasteiger partial charge in [0.1, 0.15) is 0 Å². The summed E-state index contributed by atoms with van der Waals surface area (Å²) in [6.45, 7) is 2.18. The van der Waals surface area contributed by atoms with Crippen LogP contribution in [0.2, 0.25) is 0 Å². The van der Waals surface area contributed by atoms with Crippen LogP contribution in [0.15, 0.2) is 41.8 Å². The lowest BCUT2D eigenvalue weighted by Crippen LogP contribution is -2.48. The Labute approximate surface area is 160 Å². The van der Waals surface area contributed by atoms with Crippen molar-refractivity contribution >= 4 is 21.9 Å². The molecule has 1 aromatic heterocycles. The van der Waals surface area contributed by atoms with Gasteiger partial charge in [-0.15, -0.1) is 5.10 Å². The average molecular weight is 385 g/mol. The van der Waals surface area contributed by atoms with E-state index in [2.05, 4.69) is 21.2 Å². The molecule has 0 amide bonds. The van der Waals surface area contributed by atoms with Crippen molar-refractivity contribution in [2.24, 2.45) is 0 Å². The van der Waals surface area contributed by atoms with E-state index in [0.717, 1.165) is 29.9 Å². The molecule has 1 saturated heterocycles. The molecule has 0 N–H and O–H groups in total. The Morgan fingerprint density at radius 1 is 0.926 bits per heavy atom. The van der Waals surface area contributed by atoms with Gasteiger partial charge in [0.15, 0.2) is 5.82 Å². The van der Waals surface area contributed by atoms with E-state index >= 15 is 0 Å². The lowest BCUT2D eigenvalue weighted by Gasteiger charge is -2.34. The maximum atomic E-state index is 12.6. The van der Waals surface area contributed by atoms with Gasteiger partial charge in [-0.1, -0.05) is 30.3 Å². The number of sulfonamides is 1. The minimum absolute atomic E-state index is 0.459. The number of fused-ring (bicyclic) bond motifs is 1. The molecule has 2 aromatic rings. The summed E-state index contributed by atoms with van der Waals surface area (Å²) in [7, 11) is -3.41. The smallest absolute Gasteiger partial charge is 0.236 e. The molecular weight excluding hydrogens is 360 g/mol. The highest BCUT2D eigenvalue weighted by atomic mass is 32.2. The Bertz CT molecular complexity index is 920. The van der Waals surface area contributed by atoms with Crippen molar-refractivity contribution in [1.82, 2.24) is 14.5 Å². The van der Waals surface area contributed by atoms with Crippen molar-refractivity contribution in [2.75, 3.05) is 31.1 Å². The Balaban J connectivity index is 1.40. The molecule has 0 bridgehead atoms. The summed E-state index contributed by atoms with van der Waals surface area (Å²) >= 11 is 0. The maximum absolute atomic E-state index is 12.6. The predicted molar refractivity (Wildman–Crippen MR) is 107 cm³/mol. The number of aryl methyl sites for hydroxylation is 2. The van der Waals surface area contributed by atoms with Gasteiger partial charge in [-0.25, -0.2) is 8.42 Å². The van der Waals surface area contributed by atoms with Crippen LogP contribution in [0.5, 0.6) is 0 Å². The van der Waals surface area contributed by atoms with E-state index in [1.807, 2.05) is 30.3 Å². The Morgan fingerprint density at radius 3 is 2.44 bits per heavy atom. The zero-order chi connectivity index (χ0) is 18.7. The van der Waals surface area contributed by atoms with Gasteiger partial charge in [0.2, 0.25) is 10.0 Å². The molecule has 27 heavy (non-hydrogen) atoms. The fourth-order valence-electron chi connectivity index (χ4n) is 3.62. The molecule has 0 atom stereocenters. The summed E-state index contributed by atoms with van der Waals surface area (Å²) < 4.78 is 26.7. The SMILES string of the molecule is O=S(=O)(C=Cc1ccccc1)N1CCN(c2cc3c(nn2)CCCC3)CC1. The van der Waals surface area contributed by atoms with Crippen LogP contribution in [0.25, 0.3) is 6.08 Å². The van der Waals surface area contributed by atoms with Crippen molar-refractivity contribution < 1.29 is 8.42 Å². The van der Waals surface area contributed by atoms with Gasteiger partial charge in [0.25, 0.3) is 0 Å². The highest BCUT2D eigenvalue weighted by Crippen LogP contribution is 2.23. The number of piperazine rings is 1. The Kier molecular flexibility index (Phi) is 5.22. The first-order chi connectivity index (χ1) is 13.1. The fourth-order valence-corrected chi connectivity index (χ4v) is 4.79. The summed E-state index contributed by atoms with van der Waals surface area (Å²) in [6.07, 6.45) is 6.13. The van der Waals surface area contributed by atoms with Crippen LogP contribution in [-0.4, -0.2) is 49.1 Å². The normalized spacial score (nSPS) is 18.6. The lowest BCUT2D eigenvalue weighted by molar-refractivity contribution is 0.388. The number of rotatable bonds is 4. The molecule has 2 aliphatic rings. The molecule has 1 fully saturated rings. The fraction of sp³-hybridized carbons (Fsp3) is 0.400. The second-order valence-corrected chi connectivity index (χ2v) is 8.84. The van der Waals surface area contributed by atoms with Crippen LogP contribution >= 0.6 is 0 Å². The number of nitrogens with zero attached hydrogens (tertiary/aromatic N) is 4. The summed E-state index contributed by atoms with van der Waals surface area (Å²) in [4.78, 5) is 2.13. The van der Waals surface area contributed by atoms with E-state index in [0.29, 0.717) is 26.2 Å². The van der Waals surface area contributed by atoms with Gasteiger partial charge in [-0.3, -0.25) is 0 Å². The molecule has 6 nitrogen and oxygen atoms in total. The highest BCUT2D eigenvalue weighted by molar-refractivity contribution is 7.92. The average Bonchev–Trinajstić information content (AvgIpc) is 2.73. The van der Waals surface area contributed by atoms with Crippen LogP contribution in [0, 0.1) is 0 Å². The lowest BCUT2D eigenvalue weighted by atomic mass is 9.97. The maximum Gasteiger partial charge on any atom is 0.236 e. The second-order valence-electron chi connectivity index (χ2n) is 7.03. The third-order valence-corrected chi connectivity index (χ3v) is 6.78. The van der Waals surface area contributed by atoms with Gasteiger partial charge < -0.3 is 4.90 Å². The van der Waals surface area contributed by atoms with E-state index < -0.39 is 10.0 Å². The van der Waals surface area contributed by atoms with Gasteiger partial charge in [0, 0.05) is 31.6 Å². The minimum Gasteiger partial charge on any atom is -0.352 e. The molecule has 1 aromatic carbocycles. The molecule has 0 radical (unpaired) electrons. The molecule has 1 aliphatic heterocycles. The predicted octanol–water partition coefficient (Wildman–Crippen LogP) is 2.48. The largest absolute Gasteiger partial charge is 0.352 e. The summed E-state index contributed by atoms with van der Waals surface area (Å²) in [6, 6.07) is 11.6. The van der Waals surface area contributed by atoms with Crippen molar-refractivity contribution in [3.8, 4) is 0 Å². The third kappa shape index (κ3) is 4.20. The number of hydrogen-bond donors (Lipinski definition) is 0. The topological polar surface area (TPSA) is 66.4 Å². The van der Waals surface area contributed by atoms with Gasteiger partial charge in [-0.05, 0) is 49.0 Å². The zero-order valence-electron chi connectivity index (χ0n) is 15.3. The van der Waals surface area contributed by atoms with E-state index in [9.17, 15) is 8.42 Å². The molecule has 4 rings (SSSR count). The molecule has 7 heteroatoms. The van der Waals surface area contributed by atoms with Gasteiger partial charge >= 0.3 is 0 Å². The van der Waals surface area contributed by atoms with Crippen LogP contribution in [0.3, 0.4) is 0 Å². The van der Waals surface area contributed by atoms with Gasteiger partial charge in [0.05, 0.1) is 5.69 Å². The summed E-state index contributed by atoms with van der Waals surface area (Å²) in [5, 5.41) is 10.1. The number of benzene rings is 1. The summed E-state index contributed by atoms with van der Waals surface area (Å²) in [5.41, 5.74) is 3.30. The monoisotopic (exact) mass is 384 g/mol.